The average molecular weight is 540 g/mol. The number of carbonyl (C=O) groups is 2. The maximum Gasteiger partial charge on any atom is 0.328 e. The fraction of sp³-hybridized carbons (Fsp3) is 0.100. The first-order valence-corrected chi connectivity index (χ1v) is 12.6. The number of hydrogen-bond acceptors (Lipinski definition) is 5. The lowest BCUT2D eigenvalue weighted by Crippen LogP contribution is -2.42. The molecule has 2 aromatic heterocycles. The van der Waals surface area contributed by atoms with Gasteiger partial charge < -0.3 is 20.8 Å². The molecule has 4 N–H and O–H groups in total. The van der Waals surface area contributed by atoms with Crippen LogP contribution in [0.1, 0.15) is 11.1 Å². The second kappa shape index (κ2) is 11.3. The summed E-state index contributed by atoms with van der Waals surface area (Å²) in [6.45, 7) is 0. The molecule has 0 radical (unpaired) electrons. The second-order valence-electron chi connectivity index (χ2n) is 8.96. The van der Waals surface area contributed by atoms with E-state index in [-0.39, 0.29) is 6.42 Å². The number of methoxy groups -OCH3 is 1. The zero-order chi connectivity index (χ0) is 27.4. The van der Waals surface area contributed by atoms with Crippen molar-refractivity contribution in [3.05, 3.63) is 107 Å². The van der Waals surface area contributed by atoms with Crippen LogP contribution in [0.2, 0.25) is 5.02 Å². The summed E-state index contributed by atoms with van der Waals surface area (Å²) in [5, 5.41) is 9.08. The Bertz CT molecular complexity index is 1670. The molecule has 2 heterocycles. The summed E-state index contributed by atoms with van der Waals surface area (Å²) in [5.41, 5.74) is 11.3. The standard InChI is InChI=1S/C30H26ClN5O3/c1-39-30(38)27(15-21-17-33-26-8-3-2-7-25(21)26)34-28(37)14-11-20-18-36(24-6-4-5-22(31)16-24)35-29(20)19-9-12-23(32)13-10-19/h2-14,16-18,27,33H,15,32H2,1H3,(H,34,37)/b14-11-/t27-/m0/s1. The highest BCUT2D eigenvalue weighted by Gasteiger charge is 2.23. The van der Waals surface area contributed by atoms with Gasteiger partial charge in [-0.15, -0.1) is 0 Å². The van der Waals surface area contributed by atoms with Crippen LogP contribution in [-0.4, -0.2) is 39.8 Å². The molecule has 9 heteroatoms. The molecule has 0 aliphatic carbocycles. The van der Waals surface area contributed by atoms with Crippen molar-refractivity contribution < 1.29 is 14.3 Å². The van der Waals surface area contributed by atoms with Gasteiger partial charge in [-0.05, 0) is 48.0 Å². The third kappa shape index (κ3) is 5.86. The molecular formula is C30H26ClN5O3. The summed E-state index contributed by atoms with van der Waals surface area (Å²) in [6, 6.07) is 21.5. The fourth-order valence-electron chi connectivity index (χ4n) is 4.37. The summed E-state index contributed by atoms with van der Waals surface area (Å²) >= 11 is 6.19. The van der Waals surface area contributed by atoms with Gasteiger partial charge in [-0.3, -0.25) is 4.79 Å². The average Bonchev–Trinajstić information content (AvgIpc) is 3.56. The van der Waals surface area contributed by atoms with Crippen LogP contribution < -0.4 is 11.1 Å². The molecule has 8 nitrogen and oxygen atoms in total. The largest absolute Gasteiger partial charge is 0.467 e. The van der Waals surface area contributed by atoms with Crippen molar-refractivity contribution in [1.82, 2.24) is 20.1 Å². The number of aromatic nitrogens is 3. The first-order valence-electron chi connectivity index (χ1n) is 12.2. The molecule has 196 valence electrons. The summed E-state index contributed by atoms with van der Waals surface area (Å²) in [6.07, 6.45) is 6.97. The van der Waals surface area contributed by atoms with Gasteiger partial charge in [-0.2, -0.15) is 5.10 Å². The lowest BCUT2D eigenvalue weighted by atomic mass is 10.0. The van der Waals surface area contributed by atoms with Crippen molar-refractivity contribution in [2.24, 2.45) is 0 Å². The Balaban J connectivity index is 1.41. The summed E-state index contributed by atoms with van der Waals surface area (Å²) in [5.74, 6) is -0.970. The predicted octanol–water partition coefficient (Wildman–Crippen LogP) is 5.17. The Kier molecular flexibility index (Phi) is 7.47. The molecule has 0 saturated carbocycles. The number of nitrogens with zero attached hydrogens (tertiary/aromatic N) is 2. The van der Waals surface area contributed by atoms with Gasteiger partial charge in [0.15, 0.2) is 0 Å². The van der Waals surface area contributed by atoms with Gasteiger partial charge in [-0.1, -0.05) is 48.0 Å². The third-order valence-corrected chi connectivity index (χ3v) is 6.55. The molecule has 0 fully saturated rings. The zero-order valence-electron chi connectivity index (χ0n) is 21.1. The zero-order valence-corrected chi connectivity index (χ0v) is 21.9. The van der Waals surface area contributed by atoms with Crippen LogP contribution in [-0.2, 0) is 20.7 Å². The van der Waals surface area contributed by atoms with Crippen LogP contribution in [0.3, 0.4) is 0 Å². The quantitative estimate of drug-likeness (QED) is 0.143. The number of rotatable bonds is 8. The van der Waals surface area contributed by atoms with E-state index in [4.69, 9.17) is 27.2 Å². The van der Waals surface area contributed by atoms with E-state index in [1.165, 1.54) is 13.2 Å². The number of amides is 1. The molecule has 5 rings (SSSR count). The lowest BCUT2D eigenvalue weighted by molar-refractivity contribution is -0.144. The number of para-hydroxylation sites is 1. The Labute approximate surface area is 230 Å². The van der Waals surface area contributed by atoms with Crippen molar-refractivity contribution in [2.75, 3.05) is 12.8 Å². The number of halogens is 1. The van der Waals surface area contributed by atoms with Crippen LogP contribution in [0.25, 0.3) is 33.9 Å². The van der Waals surface area contributed by atoms with Crippen molar-refractivity contribution >= 4 is 46.1 Å². The number of fused-ring (bicyclic) bond motifs is 1. The number of nitrogen functional groups attached to an aromatic ring is 1. The topological polar surface area (TPSA) is 115 Å². The first-order chi connectivity index (χ1) is 18.9. The van der Waals surface area contributed by atoms with Crippen LogP contribution in [0, 0.1) is 0 Å². The molecule has 1 amide bonds. The maximum absolute atomic E-state index is 13.0. The van der Waals surface area contributed by atoms with E-state index >= 15 is 0 Å². The highest BCUT2D eigenvalue weighted by Crippen LogP contribution is 2.26. The van der Waals surface area contributed by atoms with Crippen LogP contribution >= 0.6 is 11.6 Å². The van der Waals surface area contributed by atoms with Crippen molar-refractivity contribution in [2.45, 2.75) is 12.5 Å². The molecule has 0 bridgehead atoms. The van der Waals surface area contributed by atoms with Gasteiger partial charge in [0.2, 0.25) is 5.91 Å². The summed E-state index contributed by atoms with van der Waals surface area (Å²) in [4.78, 5) is 28.7. The monoisotopic (exact) mass is 539 g/mol. The van der Waals surface area contributed by atoms with E-state index in [2.05, 4.69) is 10.3 Å². The van der Waals surface area contributed by atoms with Gasteiger partial charge in [-0.25, -0.2) is 9.48 Å². The minimum Gasteiger partial charge on any atom is -0.467 e. The van der Waals surface area contributed by atoms with Crippen molar-refractivity contribution in [1.29, 1.82) is 0 Å². The molecular weight excluding hydrogens is 514 g/mol. The van der Waals surface area contributed by atoms with E-state index < -0.39 is 17.9 Å². The van der Waals surface area contributed by atoms with Crippen LogP contribution in [0.5, 0.6) is 0 Å². The highest BCUT2D eigenvalue weighted by molar-refractivity contribution is 6.30. The first kappa shape index (κ1) is 25.8. The number of carbonyl (C=O) groups excluding carboxylic acids is 2. The molecule has 1 atom stereocenters. The van der Waals surface area contributed by atoms with Crippen LogP contribution in [0.15, 0.2) is 91.3 Å². The number of benzene rings is 3. The normalized spacial score (nSPS) is 12.1. The fourth-order valence-corrected chi connectivity index (χ4v) is 4.55. The SMILES string of the molecule is COC(=O)[C@H](Cc1c[nH]c2ccccc12)NC(=O)/C=C\c1cn(-c2cccc(Cl)c2)nc1-c1ccc(N)cc1. The van der Waals surface area contributed by atoms with E-state index in [1.807, 2.05) is 60.9 Å². The Hall–Kier alpha value is -4.82. The van der Waals surface area contributed by atoms with E-state index in [0.29, 0.717) is 22.0 Å². The van der Waals surface area contributed by atoms with Gasteiger partial charge >= 0.3 is 5.97 Å². The van der Waals surface area contributed by atoms with Crippen LogP contribution in [0.4, 0.5) is 5.69 Å². The van der Waals surface area contributed by atoms with E-state index in [9.17, 15) is 9.59 Å². The Morgan fingerprint density at radius 1 is 1.13 bits per heavy atom. The Morgan fingerprint density at radius 3 is 2.69 bits per heavy atom. The summed E-state index contributed by atoms with van der Waals surface area (Å²) < 4.78 is 6.66. The molecule has 0 aliphatic heterocycles. The lowest BCUT2D eigenvalue weighted by Gasteiger charge is -2.15. The van der Waals surface area contributed by atoms with E-state index in [1.54, 1.807) is 35.0 Å². The molecule has 5 aromatic rings. The van der Waals surface area contributed by atoms with Gasteiger partial charge in [0, 0.05) is 57.6 Å². The molecule has 0 unspecified atom stereocenters. The van der Waals surface area contributed by atoms with Crippen molar-refractivity contribution in [3.8, 4) is 16.9 Å². The maximum atomic E-state index is 13.0. The van der Waals surface area contributed by atoms with E-state index in [0.717, 1.165) is 27.7 Å². The van der Waals surface area contributed by atoms with Gasteiger partial charge in [0.05, 0.1) is 18.5 Å². The minimum atomic E-state index is -0.864. The third-order valence-electron chi connectivity index (χ3n) is 6.31. The second-order valence-corrected chi connectivity index (χ2v) is 9.40. The molecule has 0 spiro atoms. The van der Waals surface area contributed by atoms with Gasteiger partial charge in [0.1, 0.15) is 6.04 Å². The number of ether oxygens (including phenoxy) is 1. The number of nitrogens with one attached hydrogen (secondary N) is 2. The van der Waals surface area contributed by atoms with Gasteiger partial charge in [0.25, 0.3) is 0 Å². The predicted molar refractivity (Wildman–Crippen MR) is 153 cm³/mol. The number of aromatic amines is 1. The van der Waals surface area contributed by atoms with Crippen molar-refractivity contribution in [3.63, 3.8) is 0 Å². The molecule has 39 heavy (non-hydrogen) atoms. The Morgan fingerprint density at radius 2 is 1.92 bits per heavy atom. The number of hydrogen-bond donors (Lipinski definition) is 3. The molecule has 0 saturated heterocycles. The molecule has 0 aliphatic rings. The number of nitrogens with two attached hydrogens (primary N) is 1. The number of H-pyrrole nitrogens is 1. The molecule has 3 aromatic carbocycles. The summed E-state index contributed by atoms with van der Waals surface area (Å²) in [7, 11) is 1.30. The highest BCUT2D eigenvalue weighted by atomic mass is 35.5. The number of anilines is 1. The minimum absolute atomic E-state index is 0.277. The smallest absolute Gasteiger partial charge is 0.328 e. The number of esters is 1.